The molecular formula is C18H20N2O2S. The van der Waals surface area contributed by atoms with E-state index in [1.54, 1.807) is 12.3 Å². The van der Waals surface area contributed by atoms with Crippen molar-refractivity contribution in [2.75, 3.05) is 13.2 Å². The Morgan fingerprint density at radius 3 is 2.91 bits per heavy atom. The summed E-state index contributed by atoms with van der Waals surface area (Å²) < 4.78 is 5.54. The van der Waals surface area contributed by atoms with Crippen molar-refractivity contribution in [2.24, 2.45) is 0 Å². The topological polar surface area (TPSA) is 51.2 Å². The van der Waals surface area contributed by atoms with Gasteiger partial charge in [-0.15, -0.1) is 0 Å². The minimum Gasteiger partial charge on any atom is -0.376 e. The van der Waals surface area contributed by atoms with Crippen LogP contribution in [0.4, 0.5) is 0 Å². The molecule has 1 N–H and O–H groups in total. The van der Waals surface area contributed by atoms with Crippen LogP contribution in [-0.4, -0.2) is 30.1 Å². The van der Waals surface area contributed by atoms with E-state index in [2.05, 4.69) is 29.4 Å². The molecule has 1 aliphatic rings. The van der Waals surface area contributed by atoms with Crippen LogP contribution in [0.5, 0.6) is 0 Å². The monoisotopic (exact) mass is 328 g/mol. The van der Waals surface area contributed by atoms with Gasteiger partial charge in [0.25, 0.3) is 5.91 Å². The number of hydrogen-bond acceptors (Lipinski definition) is 4. The molecule has 4 nitrogen and oxygen atoms in total. The van der Waals surface area contributed by atoms with Crippen molar-refractivity contribution in [3.63, 3.8) is 0 Å². The van der Waals surface area contributed by atoms with Gasteiger partial charge in [0.05, 0.1) is 11.7 Å². The third-order valence-corrected chi connectivity index (χ3v) is 4.79. The van der Waals surface area contributed by atoms with Crippen LogP contribution in [0.1, 0.15) is 28.8 Å². The fraction of sp³-hybridized carbons (Fsp3) is 0.333. The highest BCUT2D eigenvalue weighted by Gasteiger charge is 2.18. The van der Waals surface area contributed by atoms with Crippen molar-refractivity contribution in [3.05, 3.63) is 53.7 Å². The molecule has 1 aliphatic heterocycles. The third-order valence-electron chi connectivity index (χ3n) is 3.77. The molecule has 1 amide bonds. The first kappa shape index (κ1) is 16.0. The molecule has 0 aliphatic carbocycles. The Kier molecular flexibility index (Phi) is 5.31. The number of pyridine rings is 1. The maximum absolute atomic E-state index is 12.4. The SMILES string of the molecule is Cc1ccc(Sc2ncccc2C(=O)NC[C@@H]2CCCO2)cc1. The number of carbonyl (C=O) groups is 1. The summed E-state index contributed by atoms with van der Waals surface area (Å²) in [7, 11) is 0. The normalized spacial score (nSPS) is 17.2. The van der Waals surface area contributed by atoms with Crippen molar-refractivity contribution in [2.45, 2.75) is 35.8 Å². The van der Waals surface area contributed by atoms with Crippen molar-refractivity contribution in [3.8, 4) is 0 Å². The molecule has 0 unspecified atom stereocenters. The minimum atomic E-state index is -0.0942. The Morgan fingerprint density at radius 1 is 1.35 bits per heavy atom. The van der Waals surface area contributed by atoms with Gasteiger partial charge in [-0.3, -0.25) is 4.79 Å². The summed E-state index contributed by atoms with van der Waals surface area (Å²) in [5, 5.41) is 3.68. The zero-order valence-electron chi connectivity index (χ0n) is 13.1. The molecule has 3 rings (SSSR count). The predicted octanol–water partition coefficient (Wildman–Crippen LogP) is 3.45. The molecule has 0 radical (unpaired) electrons. The summed E-state index contributed by atoms with van der Waals surface area (Å²) in [6, 6.07) is 11.8. The number of benzene rings is 1. The molecular weight excluding hydrogens is 308 g/mol. The number of aryl methyl sites for hydroxylation is 1. The van der Waals surface area contributed by atoms with E-state index < -0.39 is 0 Å². The number of ether oxygens (including phenoxy) is 1. The van der Waals surface area contributed by atoms with Crippen LogP contribution in [0.15, 0.2) is 52.5 Å². The van der Waals surface area contributed by atoms with Gasteiger partial charge in [-0.25, -0.2) is 4.98 Å². The second kappa shape index (κ2) is 7.62. The molecule has 1 aromatic heterocycles. The van der Waals surface area contributed by atoms with E-state index in [-0.39, 0.29) is 12.0 Å². The van der Waals surface area contributed by atoms with Gasteiger partial charge in [0.1, 0.15) is 5.03 Å². The molecule has 1 aromatic carbocycles. The van der Waals surface area contributed by atoms with Gasteiger partial charge in [-0.05, 0) is 44.0 Å². The molecule has 1 fully saturated rings. The summed E-state index contributed by atoms with van der Waals surface area (Å²) in [6.07, 6.45) is 3.94. The van der Waals surface area contributed by atoms with Gasteiger partial charge in [-0.2, -0.15) is 0 Å². The standard InChI is InChI=1S/C18H20N2O2S/c1-13-6-8-15(9-7-13)23-18-16(5-2-10-19-18)17(21)20-12-14-4-3-11-22-14/h2,5-10,14H,3-4,11-12H2,1H3,(H,20,21)/t14-/m0/s1. The zero-order chi connectivity index (χ0) is 16.1. The summed E-state index contributed by atoms with van der Waals surface area (Å²) in [5.41, 5.74) is 1.82. The minimum absolute atomic E-state index is 0.0942. The van der Waals surface area contributed by atoms with Gasteiger partial charge in [0.15, 0.2) is 0 Å². The molecule has 23 heavy (non-hydrogen) atoms. The molecule has 120 valence electrons. The second-order valence-corrected chi connectivity index (χ2v) is 6.68. The van der Waals surface area contributed by atoms with Gasteiger partial charge in [-0.1, -0.05) is 29.5 Å². The van der Waals surface area contributed by atoms with Crippen molar-refractivity contribution in [1.29, 1.82) is 0 Å². The predicted molar refractivity (Wildman–Crippen MR) is 90.8 cm³/mol. The average Bonchev–Trinajstić information content (AvgIpc) is 3.09. The Balaban J connectivity index is 1.69. The molecule has 1 saturated heterocycles. The molecule has 2 heterocycles. The van der Waals surface area contributed by atoms with E-state index in [1.807, 2.05) is 18.2 Å². The molecule has 0 bridgehead atoms. The largest absolute Gasteiger partial charge is 0.376 e. The first-order chi connectivity index (χ1) is 11.2. The fourth-order valence-corrected chi connectivity index (χ4v) is 3.35. The Bertz CT molecular complexity index is 667. The Morgan fingerprint density at radius 2 is 2.17 bits per heavy atom. The number of nitrogens with one attached hydrogen (secondary N) is 1. The molecule has 5 heteroatoms. The van der Waals surface area contributed by atoms with Crippen LogP contribution in [0.3, 0.4) is 0 Å². The molecule has 2 aromatic rings. The first-order valence-electron chi connectivity index (χ1n) is 7.82. The fourth-order valence-electron chi connectivity index (χ4n) is 2.47. The van der Waals surface area contributed by atoms with Crippen molar-refractivity contribution < 1.29 is 9.53 Å². The highest BCUT2D eigenvalue weighted by molar-refractivity contribution is 7.99. The number of rotatable bonds is 5. The van der Waals surface area contributed by atoms with Crippen LogP contribution in [-0.2, 0) is 4.74 Å². The lowest BCUT2D eigenvalue weighted by atomic mass is 10.2. The maximum atomic E-state index is 12.4. The number of aromatic nitrogens is 1. The Hall–Kier alpha value is -1.85. The second-order valence-electron chi connectivity index (χ2n) is 5.62. The highest BCUT2D eigenvalue weighted by Crippen LogP contribution is 2.28. The number of nitrogens with zero attached hydrogens (tertiary/aromatic N) is 1. The van der Waals surface area contributed by atoms with Crippen LogP contribution in [0, 0.1) is 6.92 Å². The van der Waals surface area contributed by atoms with Crippen molar-refractivity contribution in [1.82, 2.24) is 10.3 Å². The lowest BCUT2D eigenvalue weighted by molar-refractivity contribution is 0.0855. The van der Waals surface area contributed by atoms with E-state index in [0.717, 1.165) is 29.4 Å². The van der Waals surface area contributed by atoms with Gasteiger partial charge < -0.3 is 10.1 Å². The van der Waals surface area contributed by atoms with E-state index >= 15 is 0 Å². The lowest BCUT2D eigenvalue weighted by Gasteiger charge is -2.12. The summed E-state index contributed by atoms with van der Waals surface area (Å²) in [5.74, 6) is -0.0942. The Labute approximate surface area is 140 Å². The van der Waals surface area contributed by atoms with Crippen LogP contribution >= 0.6 is 11.8 Å². The van der Waals surface area contributed by atoms with Gasteiger partial charge >= 0.3 is 0 Å². The summed E-state index contributed by atoms with van der Waals surface area (Å²) in [4.78, 5) is 17.9. The zero-order valence-corrected chi connectivity index (χ0v) is 13.9. The van der Waals surface area contributed by atoms with Crippen LogP contribution in [0.2, 0.25) is 0 Å². The molecule has 1 atom stereocenters. The van der Waals surface area contributed by atoms with Crippen LogP contribution in [0.25, 0.3) is 0 Å². The quantitative estimate of drug-likeness (QED) is 0.913. The van der Waals surface area contributed by atoms with Gasteiger partial charge in [0.2, 0.25) is 0 Å². The first-order valence-corrected chi connectivity index (χ1v) is 8.63. The number of carbonyl (C=O) groups excluding carboxylic acids is 1. The number of amides is 1. The van der Waals surface area contributed by atoms with E-state index in [0.29, 0.717) is 12.1 Å². The van der Waals surface area contributed by atoms with Crippen LogP contribution < -0.4 is 5.32 Å². The lowest BCUT2D eigenvalue weighted by Crippen LogP contribution is -2.32. The maximum Gasteiger partial charge on any atom is 0.254 e. The number of hydrogen-bond donors (Lipinski definition) is 1. The summed E-state index contributed by atoms with van der Waals surface area (Å²) >= 11 is 1.51. The van der Waals surface area contributed by atoms with Crippen molar-refractivity contribution >= 4 is 17.7 Å². The molecule has 0 spiro atoms. The van der Waals surface area contributed by atoms with E-state index in [4.69, 9.17) is 4.74 Å². The molecule has 0 saturated carbocycles. The average molecular weight is 328 g/mol. The smallest absolute Gasteiger partial charge is 0.254 e. The third kappa shape index (κ3) is 4.33. The summed E-state index contributed by atoms with van der Waals surface area (Å²) in [6.45, 7) is 3.41. The van der Waals surface area contributed by atoms with Gasteiger partial charge in [0, 0.05) is 24.2 Å². The van der Waals surface area contributed by atoms with E-state index in [9.17, 15) is 4.79 Å². The van der Waals surface area contributed by atoms with E-state index in [1.165, 1.54) is 17.3 Å². The highest BCUT2D eigenvalue weighted by atomic mass is 32.2.